The molecule has 1 saturated heterocycles. The molecule has 0 aromatic carbocycles. The van der Waals surface area contributed by atoms with Crippen LogP contribution < -0.4 is 0 Å². The minimum absolute atomic E-state index is 0.640. The highest BCUT2D eigenvalue weighted by atomic mass is 16.1. The smallest absolute Gasteiger partial charge is 0.161 e. The van der Waals surface area contributed by atoms with Gasteiger partial charge in [-0.2, -0.15) is 0 Å². The molecule has 0 amide bonds. The van der Waals surface area contributed by atoms with Crippen molar-refractivity contribution >= 4 is 11.9 Å². The molecule has 1 fully saturated rings. The van der Waals surface area contributed by atoms with Crippen LogP contribution in [0.15, 0.2) is 18.3 Å². The van der Waals surface area contributed by atoms with Crippen LogP contribution in [-0.2, 0) is 6.42 Å². The lowest BCUT2D eigenvalue weighted by Gasteiger charge is -2.13. The van der Waals surface area contributed by atoms with Crippen LogP contribution in [0.1, 0.15) is 29.0 Å². The maximum Gasteiger partial charge on any atom is 0.161 e. The van der Waals surface area contributed by atoms with Crippen LogP contribution in [0.3, 0.4) is 0 Å². The maximum atomic E-state index is 10.7. The van der Waals surface area contributed by atoms with Crippen molar-refractivity contribution in [2.75, 3.05) is 19.6 Å². The van der Waals surface area contributed by atoms with Crippen LogP contribution in [-0.4, -0.2) is 45.4 Å². The summed E-state index contributed by atoms with van der Waals surface area (Å²) < 4.78 is 1.96. The normalized spacial score (nSPS) is 16.4. The highest BCUT2D eigenvalue weighted by Crippen LogP contribution is 2.10. The number of nitrogens with zero attached hydrogens (tertiary/aromatic N) is 4. The molecule has 0 radical (unpaired) electrons. The molecule has 0 atom stereocenters. The molecule has 3 heterocycles. The fourth-order valence-electron chi connectivity index (χ4n) is 2.46. The molecule has 18 heavy (non-hydrogen) atoms. The van der Waals surface area contributed by atoms with Crippen molar-refractivity contribution in [1.29, 1.82) is 0 Å². The average molecular weight is 244 g/mol. The summed E-state index contributed by atoms with van der Waals surface area (Å²) in [6.45, 7) is 3.44. The third-order valence-electron chi connectivity index (χ3n) is 3.49. The van der Waals surface area contributed by atoms with Gasteiger partial charge in [0, 0.05) is 24.7 Å². The Morgan fingerprint density at radius 2 is 2.11 bits per heavy atom. The standard InChI is InChI=1S/C13H16N4O/c18-10-11-3-8-17-12(14-15-13(17)9-11)4-7-16-5-1-2-6-16/h3,8-10H,1-2,4-7H2. The van der Waals surface area contributed by atoms with Gasteiger partial charge in [-0.25, -0.2) is 0 Å². The van der Waals surface area contributed by atoms with E-state index in [1.54, 1.807) is 12.1 Å². The molecule has 0 saturated carbocycles. The Balaban J connectivity index is 1.77. The second-order valence-electron chi connectivity index (χ2n) is 4.72. The molecular weight excluding hydrogens is 228 g/mol. The van der Waals surface area contributed by atoms with E-state index in [0.29, 0.717) is 5.56 Å². The SMILES string of the molecule is O=Cc1ccn2c(CCN3CCCC3)nnc2c1. The van der Waals surface area contributed by atoms with E-state index in [2.05, 4.69) is 15.1 Å². The fraction of sp³-hybridized carbons (Fsp3) is 0.462. The van der Waals surface area contributed by atoms with Gasteiger partial charge in [-0.1, -0.05) is 0 Å². The number of aldehydes is 1. The van der Waals surface area contributed by atoms with E-state index < -0.39 is 0 Å². The molecule has 0 aliphatic carbocycles. The van der Waals surface area contributed by atoms with Crippen LogP contribution in [0.2, 0.25) is 0 Å². The number of carbonyl (C=O) groups is 1. The van der Waals surface area contributed by atoms with Gasteiger partial charge in [0.25, 0.3) is 0 Å². The van der Waals surface area contributed by atoms with Gasteiger partial charge in [0.15, 0.2) is 5.65 Å². The minimum Gasteiger partial charge on any atom is -0.303 e. The van der Waals surface area contributed by atoms with Gasteiger partial charge in [-0.05, 0) is 38.1 Å². The van der Waals surface area contributed by atoms with Gasteiger partial charge in [-0.15, -0.1) is 10.2 Å². The van der Waals surface area contributed by atoms with Gasteiger partial charge in [0.1, 0.15) is 12.1 Å². The van der Waals surface area contributed by atoms with Crippen molar-refractivity contribution in [2.24, 2.45) is 0 Å². The molecule has 0 N–H and O–H groups in total. The summed E-state index contributed by atoms with van der Waals surface area (Å²) in [5, 5.41) is 8.31. The number of aromatic nitrogens is 3. The molecule has 3 rings (SSSR count). The number of rotatable bonds is 4. The molecule has 1 aliphatic heterocycles. The molecule has 0 spiro atoms. The van der Waals surface area contributed by atoms with Gasteiger partial charge in [-0.3, -0.25) is 9.20 Å². The Labute approximate surface area is 105 Å². The monoisotopic (exact) mass is 244 g/mol. The number of fused-ring (bicyclic) bond motifs is 1. The number of likely N-dealkylation sites (tertiary alicyclic amines) is 1. The second kappa shape index (κ2) is 4.86. The van der Waals surface area contributed by atoms with E-state index in [1.807, 2.05) is 10.6 Å². The summed E-state index contributed by atoms with van der Waals surface area (Å²) in [5.41, 5.74) is 1.39. The van der Waals surface area contributed by atoms with Crippen molar-refractivity contribution in [2.45, 2.75) is 19.3 Å². The lowest BCUT2D eigenvalue weighted by atomic mass is 10.3. The number of pyridine rings is 1. The van der Waals surface area contributed by atoms with Gasteiger partial charge in [0.2, 0.25) is 0 Å². The zero-order chi connectivity index (χ0) is 12.4. The first-order valence-corrected chi connectivity index (χ1v) is 6.38. The molecule has 5 heteroatoms. The van der Waals surface area contributed by atoms with Crippen LogP contribution in [0.4, 0.5) is 0 Å². The van der Waals surface area contributed by atoms with Crippen LogP contribution in [0.5, 0.6) is 0 Å². The van der Waals surface area contributed by atoms with Crippen LogP contribution >= 0.6 is 0 Å². The van der Waals surface area contributed by atoms with E-state index in [1.165, 1.54) is 25.9 Å². The molecular formula is C13H16N4O. The van der Waals surface area contributed by atoms with Crippen molar-refractivity contribution in [3.05, 3.63) is 29.7 Å². The second-order valence-corrected chi connectivity index (χ2v) is 4.72. The number of hydrogen-bond donors (Lipinski definition) is 0. The largest absolute Gasteiger partial charge is 0.303 e. The van der Waals surface area contributed by atoms with E-state index >= 15 is 0 Å². The van der Waals surface area contributed by atoms with Crippen molar-refractivity contribution in [3.8, 4) is 0 Å². The van der Waals surface area contributed by atoms with Crippen LogP contribution in [0.25, 0.3) is 5.65 Å². The quantitative estimate of drug-likeness (QED) is 0.758. The predicted molar refractivity (Wildman–Crippen MR) is 67.8 cm³/mol. The fourth-order valence-corrected chi connectivity index (χ4v) is 2.46. The van der Waals surface area contributed by atoms with E-state index in [-0.39, 0.29) is 0 Å². The number of carbonyl (C=O) groups excluding carboxylic acids is 1. The van der Waals surface area contributed by atoms with Gasteiger partial charge < -0.3 is 4.90 Å². The Kier molecular flexibility index (Phi) is 3.06. The Morgan fingerprint density at radius 1 is 1.28 bits per heavy atom. The zero-order valence-corrected chi connectivity index (χ0v) is 10.2. The highest BCUT2D eigenvalue weighted by molar-refractivity contribution is 5.76. The van der Waals surface area contributed by atoms with Crippen molar-refractivity contribution in [1.82, 2.24) is 19.5 Å². The van der Waals surface area contributed by atoms with E-state index in [9.17, 15) is 4.79 Å². The topological polar surface area (TPSA) is 50.5 Å². The molecule has 2 aromatic heterocycles. The first kappa shape index (κ1) is 11.3. The molecule has 0 bridgehead atoms. The van der Waals surface area contributed by atoms with Gasteiger partial charge in [0.05, 0.1) is 0 Å². The van der Waals surface area contributed by atoms with E-state index in [4.69, 9.17) is 0 Å². The maximum absolute atomic E-state index is 10.7. The Hall–Kier alpha value is -1.75. The highest BCUT2D eigenvalue weighted by Gasteiger charge is 2.13. The molecule has 2 aromatic rings. The first-order chi connectivity index (χ1) is 8.86. The van der Waals surface area contributed by atoms with Crippen LogP contribution in [0, 0.1) is 0 Å². The Bertz CT molecular complexity index is 557. The molecule has 94 valence electrons. The summed E-state index contributed by atoms with van der Waals surface area (Å²) in [4.78, 5) is 13.2. The average Bonchev–Trinajstić information content (AvgIpc) is 3.05. The summed E-state index contributed by atoms with van der Waals surface area (Å²) in [6.07, 6.45) is 6.23. The van der Waals surface area contributed by atoms with Crippen molar-refractivity contribution < 1.29 is 4.79 Å². The summed E-state index contributed by atoms with van der Waals surface area (Å²) in [6, 6.07) is 3.56. The Morgan fingerprint density at radius 3 is 2.89 bits per heavy atom. The predicted octanol–water partition coefficient (Wildman–Crippen LogP) is 1.18. The van der Waals surface area contributed by atoms with Crippen molar-refractivity contribution in [3.63, 3.8) is 0 Å². The zero-order valence-electron chi connectivity index (χ0n) is 10.2. The first-order valence-electron chi connectivity index (χ1n) is 6.38. The minimum atomic E-state index is 0.640. The third kappa shape index (κ3) is 2.13. The lowest BCUT2D eigenvalue weighted by molar-refractivity contribution is 0.112. The molecule has 1 aliphatic rings. The molecule has 5 nitrogen and oxygen atoms in total. The third-order valence-corrected chi connectivity index (χ3v) is 3.49. The summed E-state index contributed by atoms with van der Waals surface area (Å²) in [7, 11) is 0. The summed E-state index contributed by atoms with van der Waals surface area (Å²) >= 11 is 0. The van der Waals surface area contributed by atoms with Gasteiger partial charge >= 0.3 is 0 Å². The lowest BCUT2D eigenvalue weighted by Crippen LogP contribution is -2.22. The number of hydrogen-bond acceptors (Lipinski definition) is 4. The summed E-state index contributed by atoms with van der Waals surface area (Å²) in [5.74, 6) is 0.967. The van der Waals surface area contributed by atoms with E-state index in [0.717, 1.165) is 30.7 Å². The molecule has 0 unspecified atom stereocenters.